The highest BCUT2D eigenvalue weighted by molar-refractivity contribution is 6.32. The van der Waals surface area contributed by atoms with E-state index in [-0.39, 0.29) is 17.3 Å². The van der Waals surface area contributed by atoms with E-state index in [4.69, 9.17) is 16.3 Å². The molecule has 0 atom stereocenters. The summed E-state index contributed by atoms with van der Waals surface area (Å²) in [6.07, 6.45) is 1.46. The van der Waals surface area contributed by atoms with Crippen LogP contribution in [0.3, 0.4) is 0 Å². The standard InChI is InChI=1S/C27H26ClN5O3/c1-32(2)17-16-29-26(34)19-12-14-20(15-13-19)31-25-24(36-21-8-4-3-5-9-21)18-30-33(27(25)35)23-11-7-6-10-22(23)28/h3-15,18,31H,16-17H2,1-2H3,(H,29,34). The summed E-state index contributed by atoms with van der Waals surface area (Å²) in [5.41, 5.74) is 1.30. The maximum atomic E-state index is 13.5. The zero-order chi connectivity index (χ0) is 25.5. The maximum absolute atomic E-state index is 13.5. The van der Waals surface area contributed by atoms with Gasteiger partial charge in [0, 0.05) is 24.3 Å². The third-order valence-electron chi connectivity index (χ3n) is 5.26. The zero-order valence-electron chi connectivity index (χ0n) is 19.9. The number of nitrogens with one attached hydrogen (secondary N) is 2. The Morgan fingerprint density at radius 2 is 1.69 bits per heavy atom. The number of nitrogens with zero attached hydrogens (tertiary/aromatic N) is 3. The molecule has 8 nitrogen and oxygen atoms in total. The van der Waals surface area contributed by atoms with Crippen LogP contribution in [0.25, 0.3) is 5.69 Å². The summed E-state index contributed by atoms with van der Waals surface area (Å²) in [5, 5.41) is 10.7. The molecule has 0 bridgehead atoms. The number of halogens is 1. The van der Waals surface area contributed by atoms with Gasteiger partial charge in [-0.25, -0.2) is 0 Å². The highest BCUT2D eigenvalue weighted by Crippen LogP contribution is 2.29. The number of anilines is 2. The van der Waals surface area contributed by atoms with Crippen LogP contribution in [-0.4, -0.2) is 47.8 Å². The third-order valence-corrected chi connectivity index (χ3v) is 5.58. The smallest absolute Gasteiger partial charge is 0.299 e. The molecule has 3 aromatic carbocycles. The molecule has 184 valence electrons. The Labute approximate surface area is 214 Å². The van der Waals surface area contributed by atoms with Crippen LogP contribution in [0.1, 0.15) is 10.4 Å². The molecular weight excluding hydrogens is 478 g/mol. The fourth-order valence-corrected chi connectivity index (χ4v) is 3.60. The molecule has 36 heavy (non-hydrogen) atoms. The van der Waals surface area contributed by atoms with Crippen molar-refractivity contribution in [1.29, 1.82) is 0 Å². The van der Waals surface area contributed by atoms with Crippen LogP contribution in [0.2, 0.25) is 5.02 Å². The molecule has 4 rings (SSSR count). The average molecular weight is 504 g/mol. The Kier molecular flexibility index (Phi) is 7.99. The number of amides is 1. The molecule has 9 heteroatoms. The first kappa shape index (κ1) is 25.0. The molecule has 0 aliphatic heterocycles. The predicted octanol–water partition coefficient (Wildman–Crippen LogP) is 4.71. The van der Waals surface area contributed by atoms with E-state index in [1.807, 2.05) is 37.2 Å². The van der Waals surface area contributed by atoms with Crippen molar-refractivity contribution >= 4 is 28.9 Å². The number of benzene rings is 3. The third kappa shape index (κ3) is 6.10. The molecule has 1 aromatic heterocycles. The molecule has 0 saturated heterocycles. The van der Waals surface area contributed by atoms with Gasteiger partial charge in [0.05, 0.1) is 16.9 Å². The molecule has 0 radical (unpaired) electrons. The second-order valence-electron chi connectivity index (χ2n) is 8.23. The van der Waals surface area contributed by atoms with Crippen molar-refractivity contribution < 1.29 is 9.53 Å². The van der Waals surface area contributed by atoms with E-state index in [9.17, 15) is 9.59 Å². The number of para-hydroxylation sites is 2. The zero-order valence-corrected chi connectivity index (χ0v) is 20.7. The van der Waals surface area contributed by atoms with Crippen molar-refractivity contribution in [1.82, 2.24) is 20.0 Å². The van der Waals surface area contributed by atoms with E-state index in [0.29, 0.717) is 34.3 Å². The summed E-state index contributed by atoms with van der Waals surface area (Å²) >= 11 is 6.32. The Bertz CT molecular complexity index is 1390. The first-order valence-electron chi connectivity index (χ1n) is 11.3. The van der Waals surface area contributed by atoms with Gasteiger partial charge in [-0.3, -0.25) is 9.59 Å². The minimum Gasteiger partial charge on any atom is -0.453 e. The van der Waals surface area contributed by atoms with Gasteiger partial charge in [0.25, 0.3) is 11.5 Å². The van der Waals surface area contributed by atoms with Crippen LogP contribution in [0.15, 0.2) is 89.9 Å². The van der Waals surface area contributed by atoms with Crippen molar-refractivity contribution in [3.63, 3.8) is 0 Å². The van der Waals surface area contributed by atoms with Crippen molar-refractivity contribution in [3.05, 3.63) is 106 Å². The topological polar surface area (TPSA) is 88.5 Å². The molecule has 1 heterocycles. The van der Waals surface area contributed by atoms with Gasteiger partial charge in [-0.2, -0.15) is 9.78 Å². The number of carbonyl (C=O) groups excluding carboxylic acids is 1. The quantitative estimate of drug-likeness (QED) is 0.344. The SMILES string of the molecule is CN(C)CCNC(=O)c1ccc(Nc2c(Oc3ccccc3)cnn(-c3ccccc3Cl)c2=O)cc1. The van der Waals surface area contributed by atoms with Gasteiger partial charge in [0.1, 0.15) is 5.75 Å². The summed E-state index contributed by atoms with van der Waals surface area (Å²) in [4.78, 5) is 27.9. The predicted molar refractivity (Wildman–Crippen MR) is 142 cm³/mol. The van der Waals surface area contributed by atoms with E-state index >= 15 is 0 Å². The minimum atomic E-state index is -0.443. The largest absolute Gasteiger partial charge is 0.453 e. The molecular formula is C27H26ClN5O3. The normalized spacial score (nSPS) is 10.8. The van der Waals surface area contributed by atoms with Gasteiger partial charge < -0.3 is 20.3 Å². The van der Waals surface area contributed by atoms with Crippen molar-refractivity contribution in [2.45, 2.75) is 0 Å². The highest BCUT2D eigenvalue weighted by atomic mass is 35.5. The summed E-state index contributed by atoms with van der Waals surface area (Å²) in [5.74, 6) is 0.642. The summed E-state index contributed by atoms with van der Waals surface area (Å²) in [7, 11) is 3.89. The van der Waals surface area contributed by atoms with Gasteiger partial charge >= 0.3 is 0 Å². The molecule has 4 aromatic rings. The lowest BCUT2D eigenvalue weighted by Crippen LogP contribution is -2.31. The number of carbonyl (C=O) groups is 1. The molecule has 0 saturated carbocycles. The highest BCUT2D eigenvalue weighted by Gasteiger charge is 2.17. The number of aromatic nitrogens is 2. The lowest BCUT2D eigenvalue weighted by Gasteiger charge is -2.15. The lowest BCUT2D eigenvalue weighted by atomic mass is 10.2. The van der Waals surface area contributed by atoms with E-state index < -0.39 is 5.56 Å². The van der Waals surface area contributed by atoms with Gasteiger partial charge in [-0.05, 0) is 62.6 Å². The van der Waals surface area contributed by atoms with Crippen molar-refractivity contribution in [2.24, 2.45) is 0 Å². The Hall–Kier alpha value is -4.14. The lowest BCUT2D eigenvalue weighted by molar-refractivity contribution is 0.0951. The van der Waals surface area contributed by atoms with E-state index in [1.165, 1.54) is 10.9 Å². The van der Waals surface area contributed by atoms with Crippen LogP contribution in [0, 0.1) is 0 Å². The van der Waals surface area contributed by atoms with Crippen LogP contribution in [-0.2, 0) is 0 Å². The van der Waals surface area contributed by atoms with Crippen LogP contribution >= 0.6 is 11.6 Å². The second-order valence-corrected chi connectivity index (χ2v) is 8.64. The van der Waals surface area contributed by atoms with E-state index in [2.05, 4.69) is 15.7 Å². The number of hydrogen-bond donors (Lipinski definition) is 2. The fraction of sp³-hybridized carbons (Fsp3) is 0.148. The van der Waals surface area contributed by atoms with Crippen molar-refractivity contribution in [2.75, 3.05) is 32.5 Å². The number of ether oxygens (including phenoxy) is 1. The molecule has 0 aliphatic carbocycles. The maximum Gasteiger partial charge on any atom is 0.299 e. The first-order valence-corrected chi connectivity index (χ1v) is 11.7. The van der Waals surface area contributed by atoms with Crippen molar-refractivity contribution in [3.8, 4) is 17.2 Å². The average Bonchev–Trinajstić information content (AvgIpc) is 2.87. The van der Waals surface area contributed by atoms with E-state index in [1.54, 1.807) is 60.7 Å². The minimum absolute atomic E-state index is 0.165. The summed E-state index contributed by atoms with van der Waals surface area (Å²) in [6, 6.07) is 22.9. The Balaban J connectivity index is 1.64. The molecule has 0 unspecified atom stereocenters. The molecule has 2 N–H and O–H groups in total. The van der Waals surface area contributed by atoms with Gasteiger partial charge in [-0.1, -0.05) is 41.9 Å². The van der Waals surface area contributed by atoms with Crippen LogP contribution in [0.5, 0.6) is 11.5 Å². The summed E-state index contributed by atoms with van der Waals surface area (Å²) < 4.78 is 7.19. The Morgan fingerprint density at radius 3 is 2.39 bits per heavy atom. The number of rotatable bonds is 9. The van der Waals surface area contributed by atoms with Gasteiger partial charge in [0.2, 0.25) is 0 Å². The monoisotopic (exact) mass is 503 g/mol. The molecule has 0 fully saturated rings. The van der Waals surface area contributed by atoms with E-state index in [0.717, 1.165) is 6.54 Å². The van der Waals surface area contributed by atoms with Crippen LogP contribution < -0.4 is 20.9 Å². The van der Waals surface area contributed by atoms with Gasteiger partial charge in [0.15, 0.2) is 11.4 Å². The summed E-state index contributed by atoms with van der Waals surface area (Å²) in [6.45, 7) is 1.29. The first-order chi connectivity index (χ1) is 17.4. The number of hydrogen-bond acceptors (Lipinski definition) is 6. The molecule has 1 amide bonds. The second kappa shape index (κ2) is 11.5. The molecule has 0 aliphatic rings. The molecule has 0 spiro atoms. The van der Waals surface area contributed by atoms with Gasteiger partial charge in [-0.15, -0.1) is 0 Å². The van der Waals surface area contributed by atoms with Crippen LogP contribution in [0.4, 0.5) is 11.4 Å². The fourth-order valence-electron chi connectivity index (χ4n) is 3.39. The number of likely N-dealkylation sites (N-methyl/N-ethyl adjacent to an activating group) is 1. The Morgan fingerprint density at radius 1 is 1.00 bits per heavy atom.